The maximum absolute atomic E-state index is 13.1. The molecule has 2 aliphatic heterocycles. The molecule has 2 saturated heterocycles. The van der Waals surface area contributed by atoms with Gasteiger partial charge in [0.2, 0.25) is 0 Å². The Balaban J connectivity index is 1.81. The number of aryl methyl sites for hydroxylation is 1. The number of nitrogens with one attached hydrogen (secondary N) is 1. The summed E-state index contributed by atoms with van der Waals surface area (Å²) in [6.07, 6.45) is 2.95. The molecule has 2 atom stereocenters. The van der Waals surface area contributed by atoms with Gasteiger partial charge in [-0.3, -0.25) is 18.7 Å². The van der Waals surface area contributed by atoms with Crippen molar-refractivity contribution in [2.45, 2.75) is 31.3 Å². The number of aromatic nitrogens is 3. The number of nitrogens with zero attached hydrogens (tertiary/aromatic N) is 4. The average Bonchev–Trinajstić information content (AvgIpc) is 2.89. The van der Waals surface area contributed by atoms with Crippen LogP contribution in [0.4, 0.5) is 0 Å². The molecule has 2 fully saturated rings. The summed E-state index contributed by atoms with van der Waals surface area (Å²) in [5.74, 6) is -0.119. The second-order valence-electron chi connectivity index (χ2n) is 6.86. The molecule has 4 heterocycles. The van der Waals surface area contributed by atoms with Crippen LogP contribution >= 0.6 is 0 Å². The zero-order valence-corrected chi connectivity index (χ0v) is 14.4. The number of fused-ring (bicyclic) bond motifs is 3. The van der Waals surface area contributed by atoms with E-state index in [0.717, 1.165) is 36.9 Å². The van der Waals surface area contributed by atoms with Crippen molar-refractivity contribution >= 4 is 16.9 Å². The SMILES string of the molecule is Cn1c(=O)c2ccc(C(=O)N3C4CCNCC3CC4)nc2n(C)c1=O. The van der Waals surface area contributed by atoms with Gasteiger partial charge in [0.05, 0.1) is 5.39 Å². The highest BCUT2D eigenvalue weighted by atomic mass is 16.2. The van der Waals surface area contributed by atoms with Crippen molar-refractivity contribution in [3.8, 4) is 0 Å². The zero-order valence-electron chi connectivity index (χ0n) is 14.4. The predicted molar refractivity (Wildman–Crippen MR) is 92.7 cm³/mol. The van der Waals surface area contributed by atoms with Crippen LogP contribution in [-0.2, 0) is 14.1 Å². The number of carbonyl (C=O) groups excluding carboxylic acids is 1. The van der Waals surface area contributed by atoms with Gasteiger partial charge in [-0.2, -0.15) is 0 Å². The predicted octanol–water partition coefficient (Wildman–Crippen LogP) is -0.401. The quantitative estimate of drug-likeness (QED) is 0.761. The van der Waals surface area contributed by atoms with Crippen LogP contribution in [0.1, 0.15) is 29.8 Å². The smallest absolute Gasteiger partial charge is 0.330 e. The summed E-state index contributed by atoms with van der Waals surface area (Å²) in [7, 11) is 3.00. The molecule has 0 radical (unpaired) electrons. The first kappa shape index (κ1) is 16.0. The zero-order chi connectivity index (χ0) is 17.7. The van der Waals surface area contributed by atoms with Crippen molar-refractivity contribution in [2.75, 3.05) is 13.1 Å². The summed E-state index contributed by atoms with van der Waals surface area (Å²) in [4.78, 5) is 43.8. The molecule has 132 valence electrons. The van der Waals surface area contributed by atoms with E-state index in [-0.39, 0.29) is 29.3 Å². The molecular formula is C17H21N5O3. The molecule has 1 N–H and O–H groups in total. The van der Waals surface area contributed by atoms with Gasteiger partial charge in [0.15, 0.2) is 0 Å². The molecule has 8 heteroatoms. The molecule has 0 saturated carbocycles. The van der Waals surface area contributed by atoms with Crippen LogP contribution in [0, 0.1) is 0 Å². The monoisotopic (exact) mass is 343 g/mol. The van der Waals surface area contributed by atoms with E-state index >= 15 is 0 Å². The Hall–Kier alpha value is -2.48. The van der Waals surface area contributed by atoms with Gasteiger partial charge < -0.3 is 10.2 Å². The van der Waals surface area contributed by atoms with Crippen molar-refractivity contribution in [1.29, 1.82) is 0 Å². The molecule has 0 aliphatic carbocycles. The Labute approximate surface area is 144 Å². The lowest BCUT2D eigenvalue weighted by Gasteiger charge is -2.27. The highest BCUT2D eigenvalue weighted by Gasteiger charge is 2.38. The first-order valence-corrected chi connectivity index (χ1v) is 8.59. The molecule has 4 rings (SSSR count). The van der Waals surface area contributed by atoms with E-state index in [1.165, 1.54) is 11.6 Å². The van der Waals surface area contributed by atoms with Crippen molar-refractivity contribution in [3.05, 3.63) is 38.7 Å². The molecule has 25 heavy (non-hydrogen) atoms. The molecule has 0 spiro atoms. The molecule has 2 aliphatic rings. The van der Waals surface area contributed by atoms with Crippen LogP contribution in [0.5, 0.6) is 0 Å². The number of hydrogen-bond donors (Lipinski definition) is 1. The second-order valence-corrected chi connectivity index (χ2v) is 6.86. The molecule has 1 amide bonds. The summed E-state index contributed by atoms with van der Waals surface area (Å²) in [6, 6.07) is 3.60. The molecule has 2 aromatic heterocycles. The highest BCUT2D eigenvalue weighted by molar-refractivity contribution is 5.95. The Bertz CT molecular complexity index is 963. The standard InChI is InChI=1S/C17H21N5O3/c1-20-14-12(15(23)21(2)17(20)25)5-6-13(19-14)16(24)22-10-3-4-11(22)9-18-8-7-10/h5-6,10-11,18H,3-4,7-9H2,1-2H3. The van der Waals surface area contributed by atoms with E-state index in [2.05, 4.69) is 10.3 Å². The molecular weight excluding hydrogens is 322 g/mol. The van der Waals surface area contributed by atoms with Gasteiger partial charge in [-0.25, -0.2) is 9.78 Å². The van der Waals surface area contributed by atoms with Crippen LogP contribution in [0.2, 0.25) is 0 Å². The molecule has 2 bridgehead atoms. The average molecular weight is 343 g/mol. The van der Waals surface area contributed by atoms with Crippen molar-refractivity contribution < 1.29 is 4.79 Å². The Morgan fingerprint density at radius 1 is 1.12 bits per heavy atom. The van der Waals surface area contributed by atoms with E-state index in [1.54, 1.807) is 19.2 Å². The number of amides is 1. The molecule has 0 aromatic carbocycles. The summed E-state index contributed by atoms with van der Waals surface area (Å²) in [5.41, 5.74) is -0.314. The van der Waals surface area contributed by atoms with E-state index in [0.29, 0.717) is 5.39 Å². The Kier molecular flexibility index (Phi) is 3.72. The first-order valence-electron chi connectivity index (χ1n) is 8.59. The summed E-state index contributed by atoms with van der Waals surface area (Å²) in [5, 5.41) is 3.71. The number of pyridine rings is 1. The van der Waals surface area contributed by atoms with Gasteiger partial charge in [-0.1, -0.05) is 0 Å². The Morgan fingerprint density at radius 2 is 1.88 bits per heavy atom. The van der Waals surface area contributed by atoms with E-state index in [9.17, 15) is 14.4 Å². The lowest BCUT2D eigenvalue weighted by Crippen LogP contribution is -2.43. The van der Waals surface area contributed by atoms with Crippen molar-refractivity contribution in [2.24, 2.45) is 14.1 Å². The van der Waals surface area contributed by atoms with Crippen molar-refractivity contribution in [1.82, 2.24) is 24.3 Å². The maximum Gasteiger partial charge on any atom is 0.332 e. The molecule has 8 nitrogen and oxygen atoms in total. The fourth-order valence-corrected chi connectivity index (χ4v) is 4.02. The molecule has 2 unspecified atom stereocenters. The van der Waals surface area contributed by atoms with Gasteiger partial charge in [0.25, 0.3) is 11.5 Å². The fraction of sp³-hybridized carbons (Fsp3) is 0.529. The number of hydrogen-bond acceptors (Lipinski definition) is 5. The van der Waals surface area contributed by atoms with Crippen LogP contribution in [0.15, 0.2) is 21.7 Å². The van der Waals surface area contributed by atoms with Crippen LogP contribution < -0.4 is 16.6 Å². The van der Waals surface area contributed by atoms with E-state index in [4.69, 9.17) is 0 Å². The third-order valence-electron chi connectivity index (χ3n) is 5.41. The fourth-order valence-electron chi connectivity index (χ4n) is 4.02. The largest absolute Gasteiger partial charge is 0.332 e. The number of rotatable bonds is 1. The third kappa shape index (κ3) is 2.39. The normalized spacial score (nSPS) is 23.0. The van der Waals surface area contributed by atoms with Gasteiger partial charge in [0.1, 0.15) is 11.3 Å². The number of carbonyl (C=O) groups is 1. The topological polar surface area (TPSA) is 89.2 Å². The van der Waals surface area contributed by atoms with Gasteiger partial charge in [-0.05, 0) is 37.9 Å². The first-order chi connectivity index (χ1) is 12.0. The summed E-state index contributed by atoms with van der Waals surface area (Å²) < 4.78 is 2.36. The van der Waals surface area contributed by atoms with Crippen LogP contribution in [0.25, 0.3) is 11.0 Å². The molecule has 2 aromatic rings. The van der Waals surface area contributed by atoms with Gasteiger partial charge in [-0.15, -0.1) is 0 Å². The van der Waals surface area contributed by atoms with Gasteiger partial charge >= 0.3 is 5.69 Å². The lowest BCUT2D eigenvalue weighted by molar-refractivity contribution is 0.0674. The minimum atomic E-state index is -0.450. The van der Waals surface area contributed by atoms with Gasteiger partial charge in [0, 0.05) is 32.7 Å². The van der Waals surface area contributed by atoms with Crippen molar-refractivity contribution in [3.63, 3.8) is 0 Å². The summed E-state index contributed by atoms with van der Waals surface area (Å²) >= 11 is 0. The second kappa shape index (κ2) is 5.80. The van der Waals surface area contributed by atoms with E-state index in [1.807, 2.05) is 4.90 Å². The van der Waals surface area contributed by atoms with Crippen LogP contribution in [0.3, 0.4) is 0 Å². The Morgan fingerprint density at radius 3 is 2.68 bits per heavy atom. The third-order valence-corrected chi connectivity index (χ3v) is 5.41. The van der Waals surface area contributed by atoms with E-state index < -0.39 is 11.2 Å². The highest BCUT2D eigenvalue weighted by Crippen LogP contribution is 2.29. The lowest BCUT2D eigenvalue weighted by atomic mass is 10.1. The van der Waals surface area contributed by atoms with Crippen LogP contribution in [-0.4, -0.2) is 50.1 Å². The minimum Gasteiger partial charge on any atom is -0.330 e. The maximum atomic E-state index is 13.1. The summed E-state index contributed by atoms with van der Waals surface area (Å²) in [6.45, 7) is 1.72. The minimum absolute atomic E-state index is 0.119.